The standard InChI is InChI=1S/C9H19NO2.ClH/c1-6(2)7(8(11)12)10-9(3,4)5;/h6-7,10H,1-5H3,(H,11,12);1H. The number of hydrogen-bond donors (Lipinski definition) is 2. The van der Waals surface area contributed by atoms with Gasteiger partial charge in [0.1, 0.15) is 6.04 Å². The molecule has 0 radical (unpaired) electrons. The van der Waals surface area contributed by atoms with Gasteiger partial charge < -0.3 is 5.11 Å². The lowest BCUT2D eigenvalue weighted by Gasteiger charge is -2.28. The number of halogens is 1. The molecular weight excluding hydrogens is 190 g/mol. The molecule has 2 N–H and O–H groups in total. The van der Waals surface area contributed by atoms with Crippen molar-refractivity contribution < 1.29 is 9.90 Å². The fourth-order valence-electron chi connectivity index (χ4n) is 0.980. The summed E-state index contributed by atoms with van der Waals surface area (Å²) < 4.78 is 0. The second-order valence-electron chi connectivity index (χ2n) is 4.45. The third-order valence-electron chi connectivity index (χ3n) is 1.52. The van der Waals surface area contributed by atoms with Crippen LogP contribution in [-0.2, 0) is 4.79 Å². The van der Waals surface area contributed by atoms with Gasteiger partial charge >= 0.3 is 5.97 Å². The minimum absolute atomic E-state index is 0. The Labute approximate surface area is 86.3 Å². The number of rotatable bonds is 3. The monoisotopic (exact) mass is 209 g/mol. The van der Waals surface area contributed by atoms with Gasteiger partial charge in [-0.3, -0.25) is 10.1 Å². The molecule has 1 unspecified atom stereocenters. The van der Waals surface area contributed by atoms with Crippen molar-refractivity contribution in [1.82, 2.24) is 5.32 Å². The summed E-state index contributed by atoms with van der Waals surface area (Å²) in [4.78, 5) is 10.8. The Bertz CT molecular complexity index is 163. The summed E-state index contributed by atoms with van der Waals surface area (Å²) in [5, 5.41) is 11.9. The largest absolute Gasteiger partial charge is 0.480 e. The van der Waals surface area contributed by atoms with Crippen molar-refractivity contribution >= 4 is 18.4 Å². The molecule has 0 saturated carbocycles. The fourth-order valence-corrected chi connectivity index (χ4v) is 0.980. The summed E-state index contributed by atoms with van der Waals surface area (Å²) in [7, 11) is 0. The molecule has 0 aromatic rings. The first kappa shape index (κ1) is 15.2. The van der Waals surface area contributed by atoms with E-state index in [0.717, 1.165) is 0 Å². The van der Waals surface area contributed by atoms with E-state index in [0.29, 0.717) is 0 Å². The number of carboxylic acid groups (broad SMARTS) is 1. The summed E-state index contributed by atoms with van der Waals surface area (Å²) in [6, 6.07) is -0.454. The Morgan fingerprint density at radius 3 is 1.77 bits per heavy atom. The zero-order valence-electron chi connectivity index (χ0n) is 8.92. The molecule has 0 rings (SSSR count). The van der Waals surface area contributed by atoms with Crippen molar-refractivity contribution in [3.8, 4) is 0 Å². The highest BCUT2D eigenvalue weighted by atomic mass is 35.5. The van der Waals surface area contributed by atoms with E-state index in [-0.39, 0.29) is 23.9 Å². The van der Waals surface area contributed by atoms with Gasteiger partial charge in [0.05, 0.1) is 0 Å². The maximum absolute atomic E-state index is 10.8. The predicted molar refractivity (Wildman–Crippen MR) is 56.4 cm³/mol. The average molecular weight is 210 g/mol. The molecule has 13 heavy (non-hydrogen) atoms. The minimum atomic E-state index is -0.778. The van der Waals surface area contributed by atoms with E-state index in [1.54, 1.807) is 0 Å². The second-order valence-corrected chi connectivity index (χ2v) is 4.45. The normalized spacial score (nSPS) is 13.7. The van der Waals surface area contributed by atoms with E-state index in [2.05, 4.69) is 5.32 Å². The van der Waals surface area contributed by atoms with Crippen LogP contribution in [0.15, 0.2) is 0 Å². The molecular formula is C9H20ClNO2. The van der Waals surface area contributed by atoms with E-state index >= 15 is 0 Å². The van der Waals surface area contributed by atoms with Crippen LogP contribution in [0.2, 0.25) is 0 Å². The zero-order chi connectivity index (χ0) is 9.94. The summed E-state index contributed by atoms with van der Waals surface area (Å²) in [6.07, 6.45) is 0. The fraction of sp³-hybridized carbons (Fsp3) is 0.889. The summed E-state index contributed by atoms with van der Waals surface area (Å²) in [5.41, 5.74) is -0.146. The van der Waals surface area contributed by atoms with Crippen LogP contribution >= 0.6 is 12.4 Å². The Morgan fingerprint density at radius 1 is 1.31 bits per heavy atom. The van der Waals surface area contributed by atoms with E-state index in [9.17, 15) is 4.79 Å². The SMILES string of the molecule is CC(C)C(NC(C)(C)C)C(=O)O.Cl. The molecule has 0 bridgehead atoms. The number of hydrogen-bond acceptors (Lipinski definition) is 2. The van der Waals surface area contributed by atoms with Gasteiger partial charge in [0.15, 0.2) is 0 Å². The van der Waals surface area contributed by atoms with Gasteiger partial charge in [-0.25, -0.2) is 0 Å². The molecule has 0 heterocycles. The predicted octanol–water partition coefficient (Wildman–Crippen LogP) is 1.91. The Balaban J connectivity index is 0. The first-order chi connectivity index (χ1) is 5.24. The van der Waals surface area contributed by atoms with Crippen LogP contribution in [0.5, 0.6) is 0 Å². The lowest BCUT2D eigenvalue weighted by atomic mass is 10.00. The Morgan fingerprint density at radius 2 is 1.69 bits per heavy atom. The van der Waals surface area contributed by atoms with E-state index in [1.807, 2.05) is 34.6 Å². The van der Waals surface area contributed by atoms with E-state index < -0.39 is 12.0 Å². The van der Waals surface area contributed by atoms with Crippen molar-refractivity contribution in [1.29, 1.82) is 0 Å². The highest BCUT2D eigenvalue weighted by molar-refractivity contribution is 5.85. The van der Waals surface area contributed by atoms with E-state index in [4.69, 9.17) is 5.11 Å². The van der Waals surface area contributed by atoms with E-state index in [1.165, 1.54) is 0 Å². The lowest BCUT2D eigenvalue weighted by Crippen LogP contribution is -2.50. The molecule has 3 nitrogen and oxygen atoms in total. The first-order valence-electron chi connectivity index (χ1n) is 4.24. The molecule has 0 amide bonds. The molecule has 80 valence electrons. The van der Waals surface area contributed by atoms with Crippen LogP contribution in [-0.4, -0.2) is 22.7 Å². The summed E-state index contributed by atoms with van der Waals surface area (Å²) in [6.45, 7) is 9.69. The van der Waals surface area contributed by atoms with Gasteiger partial charge in [0.2, 0.25) is 0 Å². The number of nitrogens with one attached hydrogen (secondary N) is 1. The van der Waals surface area contributed by atoms with Crippen LogP contribution < -0.4 is 5.32 Å². The molecule has 0 aliphatic carbocycles. The van der Waals surface area contributed by atoms with Crippen molar-refractivity contribution in [2.45, 2.75) is 46.2 Å². The third-order valence-corrected chi connectivity index (χ3v) is 1.52. The third kappa shape index (κ3) is 6.84. The Hall–Kier alpha value is -0.280. The molecule has 0 fully saturated rings. The smallest absolute Gasteiger partial charge is 0.320 e. The van der Waals surface area contributed by atoms with Crippen LogP contribution in [0.3, 0.4) is 0 Å². The van der Waals surface area contributed by atoms with Gasteiger partial charge in [-0.1, -0.05) is 13.8 Å². The molecule has 0 aliphatic rings. The number of carboxylic acids is 1. The number of aliphatic carboxylic acids is 1. The summed E-state index contributed by atoms with van der Waals surface area (Å²) in [5.74, 6) is -0.665. The molecule has 0 aliphatic heterocycles. The maximum Gasteiger partial charge on any atom is 0.320 e. The second kappa shape index (κ2) is 5.45. The van der Waals surface area contributed by atoms with Crippen molar-refractivity contribution in [2.24, 2.45) is 5.92 Å². The van der Waals surface area contributed by atoms with Crippen molar-refractivity contribution in [2.75, 3.05) is 0 Å². The van der Waals surface area contributed by atoms with Gasteiger partial charge in [-0.05, 0) is 26.7 Å². The maximum atomic E-state index is 10.8. The van der Waals surface area contributed by atoms with Crippen LogP contribution in [0, 0.1) is 5.92 Å². The molecule has 0 aromatic heterocycles. The van der Waals surface area contributed by atoms with Gasteiger partial charge in [0.25, 0.3) is 0 Å². The van der Waals surface area contributed by atoms with Crippen LogP contribution in [0.4, 0.5) is 0 Å². The molecule has 0 aromatic carbocycles. The molecule has 0 saturated heterocycles. The van der Waals surface area contributed by atoms with Crippen molar-refractivity contribution in [3.63, 3.8) is 0 Å². The van der Waals surface area contributed by atoms with Crippen LogP contribution in [0.25, 0.3) is 0 Å². The van der Waals surface area contributed by atoms with Crippen LogP contribution in [0.1, 0.15) is 34.6 Å². The first-order valence-corrected chi connectivity index (χ1v) is 4.24. The molecule has 1 atom stereocenters. The quantitative estimate of drug-likeness (QED) is 0.747. The Kier molecular flexibility index (Phi) is 6.37. The topological polar surface area (TPSA) is 49.3 Å². The zero-order valence-corrected chi connectivity index (χ0v) is 9.73. The van der Waals surface area contributed by atoms with Gasteiger partial charge in [-0.15, -0.1) is 12.4 Å². The highest BCUT2D eigenvalue weighted by Gasteiger charge is 2.25. The highest BCUT2D eigenvalue weighted by Crippen LogP contribution is 2.08. The average Bonchev–Trinajstić information content (AvgIpc) is 1.79. The minimum Gasteiger partial charge on any atom is -0.480 e. The van der Waals surface area contributed by atoms with Gasteiger partial charge in [0, 0.05) is 5.54 Å². The molecule has 0 spiro atoms. The van der Waals surface area contributed by atoms with Gasteiger partial charge in [-0.2, -0.15) is 0 Å². The summed E-state index contributed by atoms with van der Waals surface area (Å²) >= 11 is 0. The number of carbonyl (C=O) groups is 1. The molecule has 4 heteroatoms. The van der Waals surface area contributed by atoms with Crippen molar-refractivity contribution in [3.05, 3.63) is 0 Å². The lowest BCUT2D eigenvalue weighted by molar-refractivity contribution is -0.141.